The summed E-state index contributed by atoms with van der Waals surface area (Å²) in [6.07, 6.45) is 0.878. The molecule has 0 heterocycles. The second-order valence-electron chi connectivity index (χ2n) is 3.96. The highest BCUT2D eigenvalue weighted by atomic mass is 16.5. The van der Waals surface area contributed by atoms with Gasteiger partial charge >= 0.3 is 5.97 Å². The van der Waals surface area contributed by atoms with E-state index >= 15 is 0 Å². The SMILES string of the molecule is COC(C)CNCCc1ccccc1C(=O)O. The van der Waals surface area contributed by atoms with E-state index in [0.29, 0.717) is 12.0 Å². The minimum atomic E-state index is -0.870. The van der Waals surface area contributed by atoms with Crippen LogP contribution in [-0.2, 0) is 11.2 Å². The van der Waals surface area contributed by atoms with Gasteiger partial charge in [-0.2, -0.15) is 0 Å². The normalized spacial score (nSPS) is 12.4. The van der Waals surface area contributed by atoms with Crippen molar-refractivity contribution >= 4 is 5.97 Å². The second kappa shape index (κ2) is 7.04. The number of hydrogen-bond donors (Lipinski definition) is 2. The van der Waals surface area contributed by atoms with E-state index in [0.717, 1.165) is 18.7 Å². The average molecular weight is 237 g/mol. The molecule has 0 fully saturated rings. The van der Waals surface area contributed by atoms with Crippen molar-refractivity contribution in [3.8, 4) is 0 Å². The van der Waals surface area contributed by atoms with Crippen molar-refractivity contribution in [1.29, 1.82) is 0 Å². The summed E-state index contributed by atoms with van der Waals surface area (Å²) in [6, 6.07) is 7.09. The molecule has 94 valence electrons. The van der Waals surface area contributed by atoms with Crippen LogP contribution in [0, 0.1) is 0 Å². The number of rotatable bonds is 7. The van der Waals surface area contributed by atoms with E-state index in [-0.39, 0.29) is 6.10 Å². The Hall–Kier alpha value is -1.39. The van der Waals surface area contributed by atoms with E-state index in [9.17, 15) is 4.79 Å². The van der Waals surface area contributed by atoms with Crippen molar-refractivity contribution in [1.82, 2.24) is 5.32 Å². The van der Waals surface area contributed by atoms with E-state index in [1.54, 1.807) is 19.2 Å². The molecule has 0 amide bonds. The van der Waals surface area contributed by atoms with Crippen LogP contribution in [0.2, 0.25) is 0 Å². The third-order valence-corrected chi connectivity index (χ3v) is 2.65. The van der Waals surface area contributed by atoms with Gasteiger partial charge in [-0.3, -0.25) is 0 Å². The summed E-state index contributed by atoms with van der Waals surface area (Å²) in [7, 11) is 1.67. The van der Waals surface area contributed by atoms with Gasteiger partial charge in [0.05, 0.1) is 11.7 Å². The molecule has 0 spiro atoms. The Morgan fingerprint density at radius 1 is 1.47 bits per heavy atom. The van der Waals surface area contributed by atoms with Crippen molar-refractivity contribution in [3.63, 3.8) is 0 Å². The molecule has 0 saturated carbocycles. The van der Waals surface area contributed by atoms with Gasteiger partial charge in [0.25, 0.3) is 0 Å². The summed E-state index contributed by atoms with van der Waals surface area (Å²) in [5, 5.41) is 12.2. The standard InChI is InChI=1S/C13H19NO3/c1-10(17-2)9-14-8-7-11-5-3-4-6-12(11)13(15)16/h3-6,10,14H,7-9H2,1-2H3,(H,15,16). The van der Waals surface area contributed by atoms with Crippen LogP contribution in [0.1, 0.15) is 22.8 Å². The van der Waals surface area contributed by atoms with Gasteiger partial charge in [0.15, 0.2) is 0 Å². The first-order valence-corrected chi connectivity index (χ1v) is 5.70. The number of ether oxygens (including phenoxy) is 1. The Bertz CT molecular complexity index is 365. The maximum Gasteiger partial charge on any atom is 0.335 e. The summed E-state index contributed by atoms with van der Waals surface area (Å²) in [5.74, 6) is -0.870. The number of nitrogens with one attached hydrogen (secondary N) is 1. The Kier molecular flexibility index (Phi) is 5.66. The van der Waals surface area contributed by atoms with Crippen LogP contribution in [0.25, 0.3) is 0 Å². The number of carboxylic acid groups (broad SMARTS) is 1. The van der Waals surface area contributed by atoms with Gasteiger partial charge in [0.2, 0.25) is 0 Å². The van der Waals surface area contributed by atoms with Crippen molar-refractivity contribution in [2.75, 3.05) is 20.2 Å². The summed E-state index contributed by atoms with van der Waals surface area (Å²) < 4.78 is 5.11. The van der Waals surface area contributed by atoms with E-state index in [1.165, 1.54) is 0 Å². The van der Waals surface area contributed by atoms with Crippen LogP contribution in [0.3, 0.4) is 0 Å². The molecule has 1 rings (SSSR count). The number of hydrogen-bond acceptors (Lipinski definition) is 3. The fourth-order valence-electron chi connectivity index (χ4n) is 1.56. The zero-order valence-corrected chi connectivity index (χ0v) is 10.3. The van der Waals surface area contributed by atoms with Crippen LogP contribution < -0.4 is 5.32 Å². The maximum atomic E-state index is 11.0. The molecule has 0 aliphatic heterocycles. The number of aromatic carboxylic acids is 1. The molecule has 1 aromatic carbocycles. The number of carboxylic acids is 1. The van der Waals surface area contributed by atoms with Crippen molar-refractivity contribution in [2.24, 2.45) is 0 Å². The highest BCUT2D eigenvalue weighted by Crippen LogP contribution is 2.08. The lowest BCUT2D eigenvalue weighted by molar-refractivity contribution is 0.0695. The fourth-order valence-corrected chi connectivity index (χ4v) is 1.56. The molecule has 4 heteroatoms. The third-order valence-electron chi connectivity index (χ3n) is 2.65. The Labute approximate surface area is 102 Å². The highest BCUT2D eigenvalue weighted by molar-refractivity contribution is 5.89. The first-order chi connectivity index (χ1) is 8.15. The monoisotopic (exact) mass is 237 g/mol. The first-order valence-electron chi connectivity index (χ1n) is 5.70. The van der Waals surface area contributed by atoms with Crippen LogP contribution in [0.4, 0.5) is 0 Å². The molecule has 1 aromatic rings. The summed E-state index contributed by atoms with van der Waals surface area (Å²) >= 11 is 0. The predicted molar refractivity (Wildman–Crippen MR) is 66.4 cm³/mol. The Balaban J connectivity index is 2.44. The number of benzene rings is 1. The molecule has 0 radical (unpaired) electrons. The lowest BCUT2D eigenvalue weighted by atomic mass is 10.0. The average Bonchev–Trinajstić information content (AvgIpc) is 2.34. The van der Waals surface area contributed by atoms with Gasteiger partial charge in [0, 0.05) is 13.7 Å². The van der Waals surface area contributed by atoms with Crippen molar-refractivity contribution in [3.05, 3.63) is 35.4 Å². The van der Waals surface area contributed by atoms with E-state index in [2.05, 4.69) is 5.32 Å². The van der Waals surface area contributed by atoms with E-state index in [4.69, 9.17) is 9.84 Å². The highest BCUT2D eigenvalue weighted by Gasteiger charge is 2.08. The topological polar surface area (TPSA) is 58.6 Å². The molecule has 17 heavy (non-hydrogen) atoms. The lowest BCUT2D eigenvalue weighted by Gasteiger charge is -2.11. The molecule has 4 nitrogen and oxygen atoms in total. The Morgan fingerprint density at radius 2 is 2.18 bits per heavy atom. The van der Waals surface area contributed by atoms with Crippen LogP contribution in [-0.4, -0.2) is 37.4 Å². The molecule has 1 atom stereocenters. The molecule has 0 aliphatic carbocycles. The molecular weight excluding hydrogens is 218 g/mol. The lowest BCUT2D eigenvalue weighted by Crippen LogP contribution is -2.28. The molecule has 1 unspecified atom stereocenters. The van der Waals surface area contributed by atoms with Gasteiger partial charge in [-0.15, -0.1) is 0 Å². The summed E-state index contributed by atoms with van der Waals surface area (Å²) in [6.45, 7) is 3.50. The first kappa shape index (κ1) is 13.7. The van der Waals surface area contributed by atoms with Gasteiger partial charge in [0.1, 0.15) is 0 Å². The third kappa shape index (κ3) is 4.54. The molecule has 0 saturated heterocycles. The molecule has 0 aliphatic rings. The van der Waals surface area contributed by atoms with E-state index in [1.807, 2.05) is 19.1 Å². The zero-order valence-electron chi connectivity index (χ0n) is 10.3. The van der Waals surface area contributed by atoms with Crippen molar-refractivity contribution in [2.45, 2.75) is 19.4 Å². The minimum Gasteiger partial charge on any atom is -0.478 e. The largest absolute Gasteiger partial charge is 0.478 e. The van der Waals surface area contributed by atoms with Gasteiger partial charge in [-0.05, 0) is 31.5 Å². The number of carbonyl (C=O) groups is 1. The molecule has 0 bridgehead atoms. The fraction of sp³-hybridized carbons (Fsp3) is 0.462. The molecular formula is C13H19NO3. The summed E-state index contributed by atoms with van der Waals surface area (Å²) in [5.41, 5.74) is 1.24. The quantitative estimate of drug-likeness (QED) is 0.706. The minimum absolute atomic E-state index is 0.171. The zero-order chi connectivity index (χ0) is 12.7. The van der Waals surface area contributed by atoms with Crippen LogP contribution in [0.5, 0.6) is 0 Å². The second-order valence-corrected chi connectivity index (χ2v) is 3.96. The van der Waals surface area contributed by atoms with Gasteiger partial charge in [-0.25, -0.2) is 4.79 Å². The predicted octanol–water partition coefficient (Wildman–Crippen LogP) is 1.55. The molecule has 0 aromatic heterocycles. The van der Waals surface area contributed by atoms with Crippen LogP contribution in [0.15, 0.2) is 24.3 Å². The smallest absolute Gasteiger partial charge is 0.335 e. The molecule has 2 N–H and O–H groups in total. The summed E-state index contributed by atoms with van der Waals surface area (Å²) in [4.78, 5) is 11.0. The van der Waals surface area contributed by atoms with Crippen LogP contribution >= 0.6 is 0 Å². The van der Waals surface area contributed by atoms with Gasteiger partial charge in [-0.1, -0.05) is 18.2 Å². The van der Waals surface area contributed by atoms with E-state index < -0.39 is 5.97 Å². The van der Waals surface area contributed by atoms with Gasteiger partial charge < -0.3 is 15.2 Å². The maximum absolute atomic E-state index is 11.0. The Morgan fingerprint density at radius 3 is 2.82 bits per heavy atom. The van der Waals surface area contributed by atoms with Crippen molar-refractivity contribution < 1.29 is 14.6 Å². The number of methoxy groups -OCH3 is 1.